The molecule has 0 heterocycles. The third-order valence-electron chi connectivity index (χ3n) is 2.19. The lowest BCUT2D eigenvalue weighted by molar-refractivity contribution is -0.134. The second kappa shape index (κ2) is 6.47. The van der Waals surface area contributed by atoms with Gasteiger partial charge in [-0.2, -0.15) is 5.26 Å². The van der Waals surface area contributed by atoms with Crippen molar-refractivity contribution in [3.8, 4) is 6.07 Å². The quantitative estimate of drug-likeness (QED) is 0.650. The molecule has 0 rings (SSSR count). The van der Waals surface area contributed by atoms with Gasteiger partial charge in [-0.3, -0.25) is 4.79 Å². The van der Waals surface area contributed by atoms with Crippen LogP contribution in [-0.4, -0.2) is 23.9 Å². The summed E-state index contributed by atoms with van der Waals surface area (Å²) in [4.78, 5) is 13.4. The Labute approximate surface area is 80.3 Å². The van der Waals surface area contributed by atoms with Crippen LogP contribution >= 0.6 is 0 Å². The molecule has 74 valence electrons. The molecule has 3 heteroatoms. The molecule has 0 aromatic heterocycles. The highest BCUT2D eigenvalue weighted by Gasteiger charge is 2.16. The number of carbonyl (C=O) groups excluding carboxylic acids is 1. The fraction of sp³-hybridized carbons (Fsp3) is 0.800. The SMILES string of the molecule is CCN(CC)C(=O)C(C)CCC#N. The lowest BCUT2D eigenvalue weighted by Gasteiger charge is -2.22. The third-order valence-corrected chi connectivity index (χ3v) is 2.19. The zero-order chi connectivity index (χ0) is 10.3. The van der Waals surface area contributed by atoms with E-state index in [0.29, 0.717) is 12.8 Å². The Morgan fingerprint density at radius 2 is 2.00 bits per heavy atom. The smallest absolute Gasteiger partial charge is 0.225 e. The lowest BCUT2D eigenvalue weighted by Crippen LogP contribution is -2.34. The molecule has 0 N–H and O–H groups in total. The van der Waals surface area contributed by atoms with E-state index in [2.05, 4.69) is 6.07 Å². The van der Waals surface area contributed by atoms with Crippen molar-refractivity contribution in [2.24, 2.45) is 5.92 Å². The van der Waals surface area contributed by atoms with Crippen molar-refractivity contribution in [3.63, 3.8) is 0 Å². The van der Waals surface area contributed by atoms with E-state index in [-0.39, 0.29) is 11.8 Å². The van der Waals surface area contributed by atoms with Gasteiger partial charge in [-0.05, 0) is 20.3 Å². The van der Waals surface area contributed by atoms with Gasteiger partial charge in [0, 0.05) is 25.4 Å². The number of rotatable bonds is 5. The molecule has 1 atom stereocenters. The predicted octanol–water partition coefficient (Wildman–Crippen LogP) is 1.79. The first-order chi connectivity index (χ1) is 6.17. The van der Waals surface area contributed by atoms with Crippen molar-refractivity contribution in [2.75, 3.05) is 13.1 Å². The molecule has 0 aromatic carbocycles. The molecule has 0 bridgehead atoms. The molecule has 1 amide bonds. The van der Waals surface area contributed by atoms with Crippen LogP contribution in [0.15, 0.2) is 0 Å². The largest absolute Gasteiger partial charge is 0.343 e. The molecule has 0 saturated carbocycles. The van der Waals surface area contributed by atoms with Gasteiger partial charge in [0.05, 0.1) is 6.07 Å². The molecule has 3 nitrogen and oxygen atoms in total. The van der Waals surface area contributed by atoms with Crippen LogP contribution in [0.5, 0.6) is 0 Å². The van der Waals surface area contributed by atoms with Crippen LogP contribution < -0.4 is 0 Å². The van der Waals surface area contributed by atoms with Gasteiger partial charge in [-0.1, -0.05) is 6.92 Å². The number of hydrogen-bond donors (Lipinski definition) is 0. The molecule has 0 fully saturated rings. The maximum absolute atomic E-state index is 11.6. The maximum atomic E-state index is 11.6. The summed E-state index contributed by atoms with van der Waals surface area (Å²) in [7, 11) is 0. The van der Waals surface area contributed by atoms with Crippen LogP contribution in [0.2, 0.25) is 0 Å². The van der Waals surface area contributed by atoms with Crippen molar-refractivity contribution in [1.29, 1.82) is 5.26 Å². The van der Waals surface area contributed by atoms with Gasteiger partial charge in [0.1, 0.15) is 0 Å². The summed E-state index contributed by atoms with van der Waals surface area (Å²) in [6.45, 7) is 7.34. The van der Waals surface area contributed by atoms with Crippen molar-refractivity contribution in [1.82, 2.24) is 4.90 Å². The van der Waals surface area contributed by atoms with Crippen LogP contribution in [0, 0.1) is 17.2 Å². The Balaban J connectivity index is 4.00. The highest BCUT2D eigenvalue weighted by molar-refractivity contribution is 5.78. The number of nitriles is 1. The van der Waals surface area contributed by atoms with Crippen LogP contribution in [-0.2, 0) is 4.79 Å². The van der Waals surface area contributed by atoms with Gasteiger partial charge in [-0.25, -0.2) is 0 Å². The van der Waals surface area contributed by atoms with Gasteiger partial charge in [0.2, 0.25) is 5.91 Å². The summed E-state index contributed by atoms with van der Waals surface area (Å²) in [6, 6.07) is 2.06. The summed E-state index contributed by atoms with van der Waals surface area (Å²) in [5, 5.41) is 8.38. The zero-order valence-electron chi connectivity index (χ0n) is 8.71. The highest BCUT2D eigenvalue weighted by atomic mass is 16.2. The fourth-order valence-electron chi connectivity index (χ4n) is 1.25. The normalized spacial score (nSPS) is 11.8. The Morgan fingerprint density at radius 1 is 1.46 bits per heavy atom. The first-order valence-electron chi connectivity index (χ1n) is 4.83. The average Bonchev–Trinajstić information content (AvgIpc) is 2.15. The highest BCUT2D eigenvalue weighted by Crippen LogP contribution is 2.08. The molecular weight excluding hydrogens is 164 g/mol. The van der Waals surface area contributed by atoms with Crippen molar-refractivity contribution >= 4 is 5.91 Å². The van der Waals surface area contributed by atoms with Crippen LogP contribution in [0.1, 0.15) is 33.6 Å². The number of hydrogen-bond acceptors (Lipinski definition) is 2. The summed E-state index contributed by atoms with van der Waals surface area (Å²) < 4.78 is 0. The number of nitrogens with zero attached hydrogens (tertiary/aromatic N) is 2. The van der Waals surface area contributed by atoms with E-state index in [1.54, 1.807) is 0 Å². The van der Waals surface area contributed by atoms with E-state index in [9.17, 15) is 4.79 Å². The molecule has 0 spiro atoms. The van der Waals surface area contributed by atoms with E-state index in [1.165, 1.54) is 0 Å². The second-order valence-electron chi connectivity index (χ2n) is 3.11. The molecule has 1 unspecified atom stereocenters. The van der Waals surface area contributed by atoms with Gasteiger partial charge in [0.15, 0.2) is 0 Å². The Hall–Kier alpha value is -1.04. The van der Waals surface area contributed by atoms with Crippen LogP contribution in [0.3, 0.4) is 0 Å². The third kappa shape index (κ3) is 3.93. The fourth-order valence-corrected chi connectivity index (χ4v) is 1.25. The molecule has 0 radical (unpaired) electrons. The van der Waals surface area contributed by atoms with Crippen molar-refractivity contribution in [3.05, 3.63) is 0 Å². The summed E-state index contributed by atoms with van der Waals surface area (Å²) in [6.07, 6.45) is 1.14. The zero-order valence-corrected chi connectivity index (χ0v) is 8.71. The Kier molecular flexibility index (Phi) is 5.96. The van der Waals surface area contributed by atoms with Crippen molar-refractivity contribution < 1.29 is 4.79 Å². The molecular formula is C10H18N2O. The lowest BCUT2D eigenvalue weighted by atomic mass is 10.0. The Bertz CT molecular complexity index is 192. The Morgan fingerprint density at radius 3 is 2.38 bits per heavy atom. The van der Waals surface area contributed by atoms with Crippen LogP contribution in [0.25, 0.3) is 0 Å². The standard InChI is InChI=1S/C10H18N2O/c1-4-12(5-2)10(13)9(3)7-6-8-11/h9H,4-7H2,1-3H3. The van der Waals surface area contributed by atoms with E-state index in [4.69, 9.17) is 5.26 Å². The molecule has 13 heavy (non-hydrogen) atoms. The van der Waals surface area contributed by atoms with E-state index in [1.807, 2.05) is 25.7 Å². The summed E-state index contributed by atoms with van der Waals surface area (Å²) in [5.41, 5.74) is 0. The average molecular weight is 182 g/mol. The van der Waals surface area contributed by atoms with E-state index >= 15 is 0 Å². The molecule has 0 aliphatic carbocycles. The van der Waals surface area contributed by atoms with Crippen molar-refractivity contribution in [2.45, 2.75) is 33.6 Å². The number of carbonyl (C=O) groups is 1. The predicted molar refractivity (Wildman–Crippen MR) is 51.9 cm³/mol. The first kappa shape index (κ1) is 12.0. The minimum Gasteiger partial charge on any atom is -0.343 e. The topological polar surface area (TPSA) is 44.1 Å². The molecule has 0 aromatic rings. The maximum Gasteiger partial charge on any atom is 0.225 e. The minimum absolute atomic E-state index is 0.0143. The molecule has 0 saturated heterocycles. The minimum atomic E-state index is -0.0143. The van der Waals surface area contributed by atoms with Crippen LogP contribution in [0.4, 0.5) is 0 Å². The summed E-state index contributed by atoms with van der Waals surface area (Å²) in [5.74, 6) is 0.153. The van der Waals surface area contributed by atoms with Gasteiger partial charge < -0.3 is 4.90 Å². The molecule has 0 aliphatic heterocycles. The summed E-state index contributed by atoms with van der Waals surface area (Å²) >= 11 is 0. The monoisotopic (exact) mass is 182 g/mol. The second-order valence-corrected chi connectivity index (χ2v) is 3.11. The van der Waals surface area contributed by atoms with E-state index in [0.717, 1.165) is 13.1 Å². The van der Waals surface area contributed by atoms with Gasteiger partial charge in [0.25, 0.3) is 0 Å². The number of amides is 1. The van der Waals surface area contributed by atoms with Gasteiger partial charge >= 0.3 is 0 Å². The van der Waals surface area contributed by atoms with Gasteiger partial charge in [-0.15, -0.1) is 0 Å². The molecule has 0 aliphatic rings. The first-order valence-corrected chi connectivity index (χ1v) is 4.83. The van der Waals surface area contributed by atoms with E-state index < -0.39 is 0 Å².